The standard InChI is InChI=1S/C19H22F3N5OS/c1-12(16(28)23-15-7-3-2-6-14(15)19(20,21)22)29-18-25-24-17(26-10-4-5-11-26)27(18)13-8-9-13/h2-3,6-7,12-13H,4-5,8-11H2,1H3,(H,23,28). The summed E-state index contributed by atoms with van der Waals surface area (Å²) < 4.78 is 41.6. The van der Waals surface area contributed by atoms with Crippen LogP contribution in [-0.4, -0.2) is 39.0 Å². The van der Waals surface area contributed by atoms with Crippen LogP contribution in [0.25, 0.3) is 0 Å². The van der Waals surface area contributed by atoms with E-state index in [0.717, 1.165) is 50.8 Å². The Hall–Kier alpha value is -2.23. The highest BCUT2D eigenvalue weighted by molar-refractivity contribution is 8.00. The SMILES string of the molecule is CC(Sc1nnc(N2CCCC2)n1C1CC1)C(=O)Nc1ccccc1C(F)(F)F. The Kier molecular flexibility index (Phi) is 5.46. The Morgan fingerprint density at radius 3 is 2.55 bits per heavy atom. The number of carbonyl (C=O) groups is 1. The van der Waals surface area contributed by atoms with Gasteiger partial charge >= 0.3 is 6.18 Å². The van der Waals surface area contributed by atoms with Crippen LogP contribution in [0.3, 0.4) is 0 Å². The van der Waals surface area contributed by atoms with E-state index in [2.05, 4.69) is 25.0 Å². The number of anilines is 2. The van der Waals surface area contributed by atoms with Gasteiger partial charge in [-0.05, 0) is 44.7 Å². The van der Waals surface area contributed by atoms with Crippen LogP contribution in [-0.2, 0) is 11.0 Å². The Balaban J connectivity index is 1.49. The third kappa shape index (κ3) is 4.36. The fraction of sp³-hybridized carbons (Fsp3) is 0.526. The predicted octanol–water partition coefficient (Wildman–Crippen LogP) is 4.35. The van der Waals surface area contributed by atoms with Gasteiger partial charge in [0.25, 0.3) is 0 Å². The predicted molar refractivity (Wildman–Crippen MR) is 105 cm³/mol. The molecule has 1 N–H and O–H groups in total. The normalized spacial score (nSPS) is 18.1. The summed E-state index contributed by atoms with van der Waals surface area (Å²) in [5.74, 6) is 0.335. The molecule has 2 fully saturated rings. The molecule has 1 saturated heterocycles. The molecule has 1 atom stereocenters. The summed E-state index contributed by atoms with van der Waals surface area (Å²) in [6, 6.07) is 5.32. The summed E-state index contributed by atoms with van der Waals surface area (Å²) in [5.41, 5.74) is -1.10. The van der Waals surface area contributed by atoms with Crippen LogP contribution in [0.1, 0.15) is 44.2 Å². The lowest BCUT2D eigenvalue weighted by Gasteiger charge is -2.19. The minimum atomic E-state index is -4.53. The number of halogens is 3. The van der Waals surface area contributed by atoms with Crippen LogP contribution in [0.4, 0.5) is 24.8 Å². The number of nitrogens with one attached hydrogen (secondary N) is 1. The van der Waals surface area contributed by atoms with E-state index in [-0.39, 0.29) is 5.69 Å². The third-order valence-electron chi connectivity index (χ3n) is 5.09. The molecule has 29 heavy (non-hydrogen) atoms. The summed E-state index contributed by atoms with van der Waals surface area (Å²) in [7, 11) is 0. The van der Waals surface area contributed by atoms with E-state index in [1.54, 1.807) is 6.92 Å². The average molecular weight is 425 g/mol. The maximum atomic E-state index is 13.2. The van der Waals surface area contributed by atoms with Gasteiger partial charge in [-0.3, -0.25) is 9.36 Å². The van der Waals surface area contributed by atoms with Gasteiger partial charge in [0.05, 0.1) is 16.5 Å². The van der Waals surface area contributed by atoms with E-state index in [1.165, 1.54) is 30.0 Å². The number of benzene rings is 1. The highest BCUT2D eigenvalue weighted by Crippen LogP contribution is 2.42. The van der Waals surface area contributed by atoms with E-state index in [4.69, 9.17) is 0 Å². The Bertz CT molecular complexity index is 890. The van der Waals surface area contributed by atoms with Crippen LogP contribution in [0, 0.1) is 0 Å². The van der Waals surface area contributed by atoms with Crippen LogP contribution in [0.5, 0.6) is 0 Å². The molecule has 2 aliphatic rings. The van der Waals surface area contributed by atoms with Gasteiger partial charge in [-0.1, -0.05) is 23.9 Å². The number of thioether (sulfide) groups is 1. The number of amides is 1. The lowest BCUT2D eigenvalue weighted by Crippen LogP contribution is -2.25. The number of alkyl halides is 3. The highest BCUT2D eigenvalue weighted by Gasteiger charge is 2.35. The van der Waals surface area contributed by atoms with Crippen molar-refractivity contribution >= 4 is 29.3 Å². The van der Waals surface area contributed by atoms with E-state index >= 15 is 0 Å². The van der Waals surface area contributed by atoms with E-state index < -0.39 is 22.9 Å². The zero-order valence-electron chi connectivity index (χ0n) is 15.9. The van der Waals surface area contributed by atoms with E-state index in [1.807, 2.05) is 0 Å². The molecule has 10 heteroatoms. The Labute approximate surface area is 170 Å². The topological polar surface area (TPSA) is 63.1 Å². The molecule has 1 aliphatic carbocycles. The van der Waals surface area contributed by atoms with Gasteiger partial charge < -0.3 is 10.2 Å². The summed E-state index contributed by atoms with van der Waals surface area (Å²) in [6.45, 7) is 3.55. The minimum absolute atomic E-state index is 0.237. The third-order valence-corrected chi connectivity index (χ3v) is 6.15. The zero-order valence-corrected chi connectivity index (χ0v) is 16.8. The summed E-state index contributed by atoms with van der Waals surface area (Å²) in [5, 5.41) is 11.1. The second kappa shape index (κ2) is 7.89. The van der Waals surface area contributed by atoms with Crippen molar-refractivity contribution in [3.05, 3.63) is 29.8 Å². The van der Waals surface area contributed by atoms with Gasteiger partial charge in [-0.2, -0.15) is 13.2 Å². The summed E-state index contributed by atoms with van der Waals surface area (Å²) >= 11 is 1.23. The van der Waals surface area contributed by atoms with Gasteiger partial charge in [-0.25, -0.2) is 0 Å². The van der Waals surface area contributed by atoms with Gasteiger partial charge in [0.15, 0.2) is 5.16 Å². The molecular weight excluding hydrogens is 403 g/mol. The van der Waals surface area contributed by atoms with Crippen LogP contribution >= 0.6 is 11.8 Å². The fourth-order valence-corrected chi connectivity index (χ4v) is 4.33. The van der Waals surface area contributed by atoms with Crippen LogP contribution in [0.15, 0.2) is 29.4 Å². The Morgan fingerprint density at radius 1 is 1.21 bits per heavy atom. The van der Waals surface area contributed by atoms with Gasteiger partial charge in [0.1, 0.15) is 0 Å². The number of aromatic nitrogens is 3. The maximum Gasteiger partial charge on any atom is 0.418 e. The monoisotopic (exact) mass is 425 g/mol. The molecule has 6 nitrogen and oxygen atoms in total. The molecule has 2 aromatic rings. The molecule has 0 bridgehead atoms. The number of carbonyl (C=O) groups excluding carboxylic acids is 1. The molecule has 0 spiro atoms. The molecule has 1 aromatic heterocycles. The molecule has 2 heterocycles. The molecular formula is C19H22F3N5OS. The molecule has 1 saturated carbocycles. The lowest BCUT2D eigenvalue weighted by atomic mass is 10.1. The second-order valence-electron chi connectivity index (χ2n) is 7.37. The first-order chi connectivity index (χ1) is 13.8. The Morgan fingerprint density at radius 2 is 1.90 bits per heavy atom. The first kappa shape index (κ1) is 20.1. The number of para-hydroxylation sites is 1. The van der Waals surface area contributed by atoms with Crippen molar-refractivity contribution in [3.8, 4) is 0 Å². The molecule has 1 aliphatic heterocycles. The fourth-order valence-electron chi connectivity index (χ4n) is 3.42. The lowest BCUT2D eigenvalue weighted by molar-refractivity contribution is -0.137. The van der Waals surface area contributed by atoms with Crippen molar-refractivity contribution in [2.24, 2.45) is 0 Å². The van der Waals surface area contributed by atoms with Gasteiger partial charge in [0, 0.05) is 19.1 Å². The largest absolute Gasteiger partial charge is 0.418 e. The number of nitrogens with zero attached hydrogens (tertiary/aromatic N) is 4. The highest BCUT2D eigenvalue weighted by atomic mass is 32.2. The van der Waals surface area contributed by atoms with Crippen molar-refractivity contribution in [1.82, 2.24) is 14.8 Å². The number of hydrogen-bond acceptors (Lipinski definition) is 5. The summed E-state index contributed by atoms with van der Waals surface area (Å²) in [4.78, 5) is 14.8. The minimum Gasteiger partial charge on any atom is -0.341 e. The second-order valence-corrected chi connectivity index (χ2v) is 8.68. The molecule has 0 radical (unpaired) electrons. The summed E-state index contributed by atoms with van der Waals surface area (Å²) in [6.07, 6.45) is -0.191. The average Bonchev–Trinajstić information content (AvgIpc) is 3.20. The molecule has 1 amide bonds. The van der Waals surface area contributed by atoms with E-state index in [9.17, 15) is 18.0 Å². The zero-order chi connectivity index (χ0) is 20.6. The van der Waals surface area contributed by atoms with Gasteiger partial charge in [0.2, 0.25) is 11.9 Å². The number of rotatable bonds is 6. The van der Waals surface area contributed by atoms with Crippen molar-refractivity contribution in [2.45, 2.75) is 55.2 Å². The molecule has 156 valence electrons. The van der Waals surface area contributed by atoms with Crippen molar-refractivity contribution in [1.29, 1.82) is 0 Å². The first-order valence-corrected chi connectivity index (χ1v) is 10.6. The van der Waals surface area contributed by atoms with Crippen LogP contribution in [0.2, 0.25) is 0 Å². The molecule has 1 unspecified atom stereocenters. The molecule has 4 rings (SSSR count). The van der Waals surface area contributed by atoms with Crippen LogP contribution < -0.4 is 10.2 Å². The van der Waals surface area contributed by atoms with Gasteiger partial charge in [-0.15, -0.1) is 10.2 Å². The van der Waals surface area contributed by atoms with Crippen molar-refractivity contribution in [3.63, 3.8) is 0 Å². The first-order valence-electron chi connectivity index (χ1n) is 9.68. The quantitative estimate of drug-likeness (QED) is 0.697. The van der Waals surface area contributed by atoms with Crippen molar-refractivity contribution < 1.29 is 18.0 Å². The number of hydrogen-bond donors (Lipinski definition) is 1. The smallest absolute Gasteiger partial charge is 0.341 e. The van der Waals surface area contributed by atoms with Crippen molar-refractivity contribution in [2.75, 3.05) is 23.3 Å². The van der Waals surface area contributed by atoms with E-state index in [0.29, 0.717) is 11.2 Å². The maximum absolute atomic E-state index is 13.2. The molecule has 1 aromatic carbocycles.